The van der Waals surface area contributed by atoms with Crippen molar-refractivity contribution in [1.82, 2.24) is 0 Å². The van der Waals surface area contributed by atoms with Gasteiger partial charge in [0, 0.05) is 5.02 Å². The number of halogens is 1. The van der Waals surface area contributed by atoms with E-state index in [1.165, 1.54) is 0 Å². The highest BCUT2D eigenvalue weighted by Gasteiger charge is 2.02. The van der Waals surface area contributed by atoms with Crippen LogP contribution in [0.15, 0.2) is 42.5 Å². The van der Waals surface area contributed by atoms with Crippen LogP contribution in [0.25, 0.3) is 0 Å². The summed E-state index contributed by atoms with van der Waals surface area (Å²) in [5.74, 6) is 1.33. The Bertz CT molecular complexity index is 497. The second-order valence-electron chi connectivity index (χ2n) is 3.28. The summed E-state index contributed by atoms with van der Waals surface area (Å²) in [6.45, 7) is 0. The molecule has 0 radical (unpaired) electrons. The third-order valence-electron chi connectivity index (χ3n) is 2.04. The Labute approximate surface area is 98.0 Å². The van der Waals surface area contributed by atoms with Crippen LogP contribution in [0.4, 0.5) is 5.69 Å². The minimum Gasteiger partial charge on any atom is -0.508 e. The van der Waals surface area contributed by atoms with Crippen LogP contribution in [0.1, 0.15) is 0 Å². The van der Waals surface area contributed by atoms with Crippen molar-refractivity contribution in [2.75, 3.05) is 5.73 Å². The number of hydrogen-bond donors (Lipinski definition) is 2. The molecule has 0 fully saturated rings. The topological polar surface area (TPSA) is 55.5 Å². The van der Waals surface area contributed by atoms with Crippen molar-refractivity contribution in [3.63, 3.8) is 0 Å². The molecule has 0 aromatic heterocycles. The highest BCUT2D eigenvalue weighted by molar-refractivity contribution is 6.30. The summed E-state index contributed by atoms with van der Waals surface area (Å²) >= 11 is 5.77. The fourth-order valence-electron chi connectivity index (χ4n) is 1.25. The molecule has 0 unspecified atom stereocenters. The van der Waals surface area contributed by atoms with Crippen molar-refractivity contribution in [2.24, 2.45) is 0 Å². The van der Waals surface area contributed by atoms with E-state index in [9.17, 15) is 0 Å². The Morgan fingerprint density at radius 2 is 1.75 bits per heavy atom. The number of aromatic hydroxyl groups is 1. The van der Waals surface area contributed by atoms with Gasteiger partial charge in [0.15, 0.2) is 0 Å². The van der Waals surface area contributed by atoms with Crippen molar-refractivity contribution >= 4 is 17.3 Å². The van der Waals surface area contributed by atoms with Gasteiger partial charge in [0.2, 0.25) is 0 Å². The first-order valence-electron chi connectivity index (χ1n) is 4.67. The molecule has 0 bridgehead atoms. The summed E-state index contributed by atoms with van der Waals surface area (Å²) < 4.78 is 5.52. The highest BCUT2D eigenvalue weighted by atomic mass is 35.5. The quantitative estimate of drug-likeness (QED) is 0.785. The molecule has 3 nitrogen and oxygen atoms in total. The number of phenolic OH excluding ortho intramolecular Hbond substituents is 1. The number of nitrogen functional groups attached to an aromatic ring is 1. The molecule has 0 aliphatic rings. The third kappa shape index (κ3) is 2.38. The molecule has 0 saturated heterocycles. The van der Waals surface area contributed by atoms with E-state index in [1.54, 1.807) is 42.5 Å². The monoisotopic (exact) mass is 235 g/mol. The van der Waals surface area contributed by atoms with Crippen LogP contribution >= 0.6 is 11.6 Å². The van der Waals surface area contributed by atoms with Gasteiger partial charge in [-0.15, -0.1) is 0 Å². The fraction of sp³-hybridized carbons (Fsp3) is 0. The van der Waals surface area contributed by atoms with Crippen LogP contribution < -0.4 is 10.5 Å². The predicted molar refractivity (Wildman–Crippen MR) is 64.0 cm³/mol. The number of anilines is 1. The van der Waals surface area contributed by atoms with Gasteiger partial charge in [0.25, 0.3) is 0 Å². The van der Waals surface area contributed by atoms with Gasteiger partial charge in [0.1, 0.15) is 17.2 Å². The first-order chi connectivity index (χ1) is 7.65. The minimum absolute atomic E-state index is 0.191. The first kappa shape index (κ1) is 10.6. The molecular formula is C12H10ClNO2. The van der Waals surface area contributed by atoms with E-state index < -0.39 is 0 Å². The van der Waals surface area contributed by atoms with Crippen molar-refractivity contribution in [2.45, 2.75) is 0 Å². The minimum atomic E-state index is 0.191. The Balaban J connectivity index is 2.23. The zero-order valence-corrected chi connectivity index (χ0v) is 9.11. The van der Waals surface area contributed by atoms with Gasteiger partial charge in [0.05, 0.1) is 5.69 Å². The van der Waals surface area contributed by atoms with E-state index in [0.29, 0.717) is 22.2 Å². The lowest BCUT2D eigenvalue weighted by Crippen LogP contribution is -1.91. The summed E-state index contributed by atoms with van der Waals surface area (Å²) in [6.07, 6.45) is 0. The normalized spacial score (nSPS) is 10.1. The summed E-state index contributed by atoms with van der Waals surface area (Å²) in [5, 5.41) is 9.68. The molecule has 0 spiro atoms. The van der Waals surface area contributed by atoms with Gasteiger partial charge in [-0.05, 0) is 42.5 Å². The maximum Gasteiger partial charge on any atom is 0.150 e. The van der Waals surface area contributed by atoms with Crippen molar-refractivity contribution in [3.05, 3.63) is 47.5 Å². The average molecular weight is 236 g/mol. The highest BCUT2D eigenvalue weighted by Crippen LogP contribution is 2.30. The molecule has 0 atom stereocenters. The van der Waals surface area contributed by atoms with E-state index in [0.717, 1.165) is 0 Å². The van der Waals surface area contributed by atoms with Crippen LogP contribution in [0.2, 0.25) is 5.02 Å². The number of hydrogen-bond acceptors (Lipinski definition) is 3. The third-order valence-corrected chi connectivity index (χ3v) is 2.27. The Morgan fingerprint density at radius 1 is 1.06 bits per heavy atom. The van der Waals surface area contributed by atoms with Gasteiger partial charge in [-0.3, -0.25) is 0 Å². The van der Waals surface area contributed by atoms with Gasteiger partial charge >= 0.3 is 0 Å². The molecule has 0 heterocycles. The van der Waals surface area contributed by atoms with Crippen molar-refractivity contribution < 1.29 is 9.84 Å². The van der Waals surface area contributed by atoms with E-state index in [-0.39, 0.29) is 5.75 Å². The van der Waals surface area contributed by atoms with E-state index in [2.05, 4.69) is 0 Å². The first-order valence-corrected chi connectivity index (χ1v) is 5.05. The van der Waals surface area contributed by atoms with Crippen LogP contribution in [-0.4, -0.2) is 5.11 Å². The van der Waals surface area contributed by atoms with E-state index >= 15 is 0 Å². The largest absolute Gasteiger partial charge is 0.508 e. The lowest BCUT2D eigenvalue weighted by Gasteiger charge is -2.08. The molecule has 16 heavy (non-hydrogen) atoms. The van der Waals surface area contributed by atoms with Crippen LogP contribution in [0.5, 0.6) is 17.2 Å². The lowest BCUT2D eigenvalue weighted by molar-refractivity contribution is 0.465. The predicted octanol–water partition coefficient (Wildman–Crippen LogP) is 3.42. The maximum absolute atomic E-state index is 9.12. The van der Waals surface area contributed by atoms with E-state index in [4.69, 9.17) is 27.2 Å². The molecule has 0 aliphatic heterocycles. The molecule has 3 N–H and O–H groups in total. The number of benzene rings is 2. The zero-order valence-electron chi connectivity index (χ0n) is 8.35. The Kier molecular flexibility index (Phi) is 2.88. The van der Waals surface area contributed by atoms with Gasteiger partial charge < -0.3 is 15.6 Å². The van der Waals surface area contributed by atoms with Gasteiger partial charge in [-0.1, -0.05) is 11.6 Å². The molecule has 0 saturated carbocycles. The molecule has 0 aliphatic carbocycles. The molecule has 2 aromatic carbocycles. The summed E-state index contributed by atoms with van der Waals surface area (Å²) in [4.78, 5) is 0. The lowest BCUT2D eigenvalue weighted by atomic mass is 10.3. The number of ether oxygens (including phenoxy) is 1. The van der Waals surface area contributed by atoms with Gasteiger partial charge in [-0.2, -0.15) is 0 Å². The van der Waals surface area contributed by atoms with Crippen molar-refractivity contribution in [3.8, 4) is 17.2 Å². The molecule has 82 valence electrons. The van der Waals surface area contributed by atoms with Crippen LogP contribution in [0.3, 0.4) is 0 Å². The molecular weight excluding hydrogens is 226 g/mol. The Hall–Kier alpha value is -1.87. The number of rotatable bonds is 2. The average Bonchev–Trinajstić information content (AvgIpc) is 2.25. The summed E-state index contributed by atoms with van der Waals surface area (Å²) in [6, 6.07) is 11.4. The number of nitrogens with two attached hydrogens (primary N) is 1. The molecule has 0 amide bonds. The second-order valence-corrected chi connectivity index (χ2v) is 3.71. The summed E-state index contributed by atoms with van der Waals surface area (Å²) in [5.41, 5.74) is 6.21. The van der Waals surface area contributed by atoms with Crippen LogP contribution in [0, 0.1) is 0 Å². The standard InChI is InChI=1S/C12H10ClNO2/c13-8-1-6-12(11(14)7-8)16-10-4-2-9(15)3-5-10/h1-7,15H,14H2. The van der Waals surface area contributed by atoms with E-state index in [1.807, 2.05) is 0 Å². The SMILES string of the molecule is Nc1cc(Cl)ccc1Oc1ccc(O)cc1. The molecule has 2 rings (SSSR count). The Morgan fingerprint density at radius 3 is 2.38 bits per heavy atom. The second kappa shape index (κ2) is 4.33. The smallest absolute Gasteiger partial charge is 0.150 e. The number of phenols is 1. The summed E-state index contributed by atoms with van der Waals surface area (Å²) in [7, 11) is 0. The zero-order chi connectivity index (χ0) is 11.5. The van der Waals surface area contributed by atoms with Crippen molar-refractivity contribution in [1.29, 1.82) is 0 Å². The maximum atomic E-state index is 9.12. The van der Waals surface area contributed by atoms with Gasteiger partial charge in [-0.25, -0.2) is 0 Å². The molecule has 4 heteroatoms. The fourth-order valence-corrected chi connectivity index (χ4v) is 1.43. The van der Waals surface area contributed by atoms with Crippen LogP contribution in [-0.2, 0) is 0 Å². The molecule has 2 aromatic rings.